The van der Waals surface area contributed by atoms with E-state index in [9.17, 15) is 14.7 Å². The molecule has 3 aromatic carbocycles. The SMILES string of the molecule is CCN(CC)c1ccc(C2/C(=C(\O)c3cc(Cl)cc(Cl)c3OC)C(=O)C(=O)N2c2ccccc2OC)cc1. The van der Waals surface area contributed by atoms with Crippen LogP contribution in [-0.2, 0) is 9.59 Å². The molecule has 1 unspecified atom stereocenters. The predicted molar refractivity (Wildman–Crippen MR) is 151 cm³/mol. The number of ether oxygens (including phenoxy) is 2. The smallest absolute Gasteiger partial charge is 0.300 e. The fraction of sp³-hybridized carbons (Fsp3) is 0.241. The zero-order chi connectivity index (χ0) is 27.6. The Labute approximate surface area is 231 Å². The number of rotatable bonds is 8. The van der Waals surface area contributed by atoms with Gasteiger partial charge in [0, 0.05) is 23.8 Å². The highest BCUT2D eigenvalue weighted by Crippen LogP contribution is 2.47. The number of halogens is 2. The number of Topliss-reactive ketones (excluding diaryl/α,β-unsaturated/α-hetero) is 1. The van der Waals surface area contributed by atoms with Gasteiger partial charge in [-0.15, -0.1) is 0 Å². The van der Waals surface area contributed by atoms with E-state index in [0.29, 0.717) is 17.0 Å². The Morgan fingerprint density at radius 2 is 1.63 bits per heavy atom. The average Bonchev–Trinajstić information content (AvgIpc) is 3.18. The van der Waals surface area contributed by atoms with Crippen molar-refractivity contribution in [1.82, 2.24) is 0 Å². The standard InChI is InChI=1S/C29H28Cl2N2O5/c1-5-32(6-2)19-13-11-17(12-14-19)25-24(26(34)20-15-18(30)16-21(31)28(20)38-4)27(35)29(36)33(25)22-9-7-8-10-23(22)37-3/h7-16,25,34H,5-6H2,1-4H3/b26-24+. The number of amides is 1. The molecule has 3 aromatic rings. The molecule has 1 aliphatic heterocycles. The van der Waals surface area contributed by atoms with Gasteiger partial charge in [-0.2, -0.15) is 0 Å². The summed E-state index contributed by atoms with van der Waals surface area (Å²) < 4.78 is 10.9. The molecule has 1 heterocycles. The number of methoxy groups -OCH3 is 2. The fourth-order valence-electron chi connectivity index (χ4n) is 4.77. The minimum Gasteiger partial charge on any atom is -0.507 e. The molecular weight excluding hydrogens is 527 g/mol. The Morgan fingerprint density at radius 1 is 0.974 bits per heavy atom. The Balaban J connectivity index is 1.99. The lowest BCUT2D eigenvalue weighted by Crippen LogP contribution is -2.30. The molecule has 1 amide bonds. The second kappa shape index (κ2) is 11.4. The lowest BCUT2D eigenvalue weighted by atomic mass is 9.94. The molecule has 1 fully saturated rings. The topological polar surface area (TPSA) is 79.3 Å². The number of ketones is 1. The quantitative estimate of drug-likeness (QED) is 0.195. The van der Waals surface area contributed by atoms with Crippen LogP contribution >= 0.6 is 23.2 Å². The summed E-state index contributed by atoms with van der Waals surface area (Å²) in [4.78, 5) is 30.6. The molecular formula is C29H28Cl2N2O5. The monoisotopic (exact) mass is 554 g/mol. The van der Waals surface area contributed by atoms with Gasteiger partial charge in [-0.05, 0) is 55.8 Å². The summed E-state index contributed by atoms with van der Waals surface area (Å²) in [6.07, 6.45) is 0. The Morgan fingerprint density at radius 3 is 2.24 bits per heavy atom. The maximum absolute atomic E-state index is 13.6. The van der Waals surface area contributed by atoms with E-state index in [0.717, 1.165) is 18.8 Å². The van der Waals surface area contributed by atoms with Crippen LogP contribution in [0.15, 0.2) is 66.2 Å². The van der Waals surface area contributed by atoms with Crippen molar-refractivity contribution < 1.29 is 24.2 Å². The molecule has 1 atom stereocenters. The number of hydrogen-bond donors (Lipinski definition) is 1. The van der Waals surface area contributed by atoms with E-state index in [1.807, 2.05) is 24.3 Å². The number of benzene rings is 3. The van der Waals surface area contributed by atoms with Gasteiger partial charge in [0.05, 0.1) is 42.1 Å². The summed E-state index contributed by atoms with van der Waals surface area (Å²) in [5.41, 5.74) is 2.00. The molecule has 7 nitrogen and oxygen atoms in total. The molecule has 0 radical (unpaired) electrons. The van der Waals surface area contributed by atoms with Crippen LogP contribution in [0.5, 0.6) is 11.5 Å². The van der Waals surface area contributed by atoms with Crippen LogP contribution in [0.4, 0.5) is 11.4 Å². The molecule has 38 heavy (non-hydrogen) atoms. The first-order chi connectivity index (χ1) is 18.3. The first kappa shape index (κ1) is 27.4. The normalized spacial score (nSPS) is 16.6. The van der Waals surface area contributed by atoms with Crippen LogP contribution in [0.1, 0.15) is 31.0 Å². The Kier molecular flexibility index (Phi) is 8.19. The molecule has 0 spiro atoms. The zero-order valence-electron chi connectivity index (χ0n) is 21.5. The molecule has 0 aliphatic carbocycles. The molecule has 4 rings (SSSR count). The number of nitrogens with zero attached hydrogens (tertiary/aromatic N) is 2. The van der Waals surface area contributed by atoms with Gasteiger partial charge in [0.2, 0.25) is 0 Å². The van der Waals surface area contributed by atoms with Gasteiger partial charge < -0.3 is 19.5 Å². The van der Waals surface area contributed by atoms with E-state index in [-0.39, 0.29) is 26.9 Å². The number of carbonyl (C=O) groups is 2. The Hall–Kier alpha value is -3.68. The minimum atomic E-state index is -0.959. The summed E-state index contributed by atoms with van der Waals surface area (Å²) in [6, 6.07) is 16.4. The maximum atomic E-state index is 13.6. The van der Waals surface area contributed by atoms with E-state index in [1.165, 1.54) is 31.3 Å². The highest BCUT2D eigenvalue weighted by atomic mass is 35.5. The molecule has 0 saturated carbocycles. The van der Waals surface area contributed by atoms with Gasteiger partial charge in [0.1, 0.15) is 17.3 Å². The number of aliphatic hydroxyl groups excluding tert-OH is 1. The number of para-hydroxylation sites is 2. The predicted octanol–water partition coefficient (Wildman–Crippen LogP) is 6.48. The van der Waals surface area contributed by atoms with Crippen molar-refractivity contribution >= 4 is 52.0 Å². The summed E-state index contributed by atoms with van der Waals surface area (Å²) in [6.45, 7) is 5.78. The first-order valence-corrected chi connectivity index (χ1v) is 12.8. The van der Waals surface area contributed by atoms with Crippen molar-refractivity contribution in [2.24, 2.45) is 0 Å². The van der Waals surface area contributed by atoms with Gasteiger partial charge in [-0.1, -0.05) is 47.5 Å². The van der Waals surface area contributed by atoms with Crippen molar-refractivity contribution in [3.8, 4) is 11.5 Å². The van der Waals surface area contributed by atoms with Crippen LogP contribution in [0.25, 0.3) is 5.76 Å². The zero-order valence-corrected chi connectivity index (χ0v) is 23.0. The third-order valence-electron chi connectivity index (χ3n) is 6.59. The molecule has 1 N–H and O–H groups in total. The fourth-order valence-corrected chi connectivity index (χ4v) is 5.34. The van der Waals surface area contributed by atoms with E-state index in [2.05, 4.69) is 18.7 Å². The molecule has 1 saturated heterocycles. The molecule has 1 aliphatic rings. The van der Waals surface area contributed by atoms with Gasteiger partial charge >= 0.3 is 0 Å². The third-order valence-corrected chi connectivity index (χ3v) is 7.09. The van der Waals surface area contributed by atoms with Crippen molar-refractivity contribution in [2.75, 3.05) is 37.1 Å². The highest BCUT2D eigenvalue weighted by molar-refractivity contribution is 6.52. The maximum Gasteiger partial charge on any atom is 0.300 e. The molecule has 0 bridgehead atoms. The lowest BCUT2D eigenvalue weighted by Gasteiger charge is -2.28. The van der Waals surface area contributed by atoms with Gasteiger partial charge in [0.15, 0.2) is 0 Å². The second-order valence-electron chi connectivity index (χ2n) is 8.57. The van der Waals surface area contributed by atoms with E-state index in [4.69, 9.17) is 32.7 Å². The Bertz CT molecular complexity index is 1400. The van der Waals surface area contributed by atoms with Crippen LogP contribution in [0, 0.1) is 0 Å². The summed E-state index contributed by atoms with van der Waals surface area (Å²) in [5.74, 6) is -1.57. The van der Waals surface area contributed by atoms with Crippen molar-refractivity contribution in [2.45, 2.75) is 19.9 Å². The van der Waals surface area contributed by atoms with Crippen molar-refractivity contribution in [3.63, 3.8) is 0 Å². The van der Waals surface area contributed by atoms with E-state index in [1.54, 1.807) is 24.3 Å². The highest BCUT2D eigenvalue weighted by Gasteiger charge is 2.48. The minimum absolute atomic E-state index is 0.104. The molecule has 0 aromatic heterocycles. The summed E-state index contributed by atoms with van der Waals surface area (Å²) in [5, 5.41) is 11.9. The number of hydrogen-bond acceptors (Lipinski definition) is 6. The molecule has 9 heteroatoms. The van der Waals surface area contributed by atoms with Crippen molar-refractivity contribution in [1.29, 1.82) is 0 Å². The van der Waals surface area contributed by atoms with Crippen LogP contribution in [0.2, 0.25) is 10.0 Å². The average molecular weight is 555 g/mol. The second-order valence-corrected chi connectivity index (χ2v) is 9.42. The van der Waals surface area contributed by atoms with E-state index < -0.39 is 23.5 Å². The van der Waals surface area contributed by atoms with Crippen molar-refractivity contribution in [3.05, 3.63) is 87.4 Å². The number of aliphatic hydroxyl groups is 1. The number of anilines is 2. The van der Waals surface area contributed by atoms with Gasteiger partial charge in [0.25, 0.3) is 11.7 Å². The van der Waals surface area contributed by atoms with Gasteiger partial charge in [-0.25, -0.2) is 0 Å². The first-order valence-electron chi connectivity index (χ1n) is 12.1. The number of carbonyl (C=O) groups excluding carboxylic acids is 2. The lowest BCUT2D eigenvalue weighted by molar-refractivity contribution is -0.132. The van der Waals surface area contributed by atoms with Crippen LogP contribution in [0.3, 0.4) is 0 Å². The largest absolute Gasteiger partial charge is 0.507 e. The summed E-state index contributed by atoms with van der Waals surface area (Å²) >= 11 is 12.5. The van der Waals surface area contributed by atoms with Gasteiger partial charge in [-0.3, -0.25) is 14.5 Å². The van der Waals surface area contributed by atoms with Crippen LogP contribution < -0.4 is 19.3 Å². The molecule has 198 valence electrons. The van der Waals surface area contributed by atoms with Crippen LogP contribution in [-0.4, -0.2) is 44.1 Å². The summed E-state index contributed by atoms with van der Waals surface area (Å²) in [7, 11) is 2.88. The third kappa shape index (κ3) is 4.79. The van der Waals surface area contributed by atoms with E-state index >= 15 is 0 Å².